The predicted octanol–water partition coefficient (Wildman–Crippen LogP) is -0.332. The van der Waals surface area contributed by atoms with Gasteiger partial charge in [0.25, 0.3) is 0 Å². The largest absolute Gasteiger partial charge is 0.369 e. The second kappa shape index (κ2) is 6.54. The summed E-state index contributed by atoms with van der Waals surface area (Å²) in [5.41, 5.74) is 10.9. The highest BCUT2D eigenvalue weighted by atomic mass is 16.2. The third-order valence-electron chi connectivity index (χ3n) is 4.43. The number of nitrogens with two attached hydrogens (primary N) is 2. The zero-order valence-electron chi connectivity index (χ0n) is 12.1. The monoisotopic (exact) mass is 282 g/mol. The average Bonchev–Trinajstić information content (AvgIpc) is 2.63. The number of rotatable bonds is 3. The smallest absolute Gasteiger partial charge is 0.242 e. The molecular weight excluding hydrogens is 256 g/mol. The van der Waals surface area contributed by atoms with Crippen molar-refractivity contribution in [1.82, 2.24) is 9.80 Å². The number of nitrogens with zero attached hydrogens (tertiary/aromatic N) is 2. The van der Waals surface area contributed by atoms with Crippen LogP contribution < -0.4 is 11.5 Å². The molecule has 2 fully saturated rings. The topological polar surface area (TPSA) is 92.7 Å². The number of primary amides is 1. The summed E-state index contributed by atoms with van der Waals surface area (Å²) in [4.78, 5) is 27.5. The minimum Gasteiger partial charge on any atom is -0.369 e. The van der Waals surface area contributed by atoms with Crippen LogP contribution in [0.4, 0.5) is 0 Å². The molecule has 1 saturated carbocycles. The summed E-state index contributed by atoms with van der Waals surface area (Å²) in [7, 11) is 0. The number of hydrogen-bond acceptors (Lipinski definition) is 4. The van der Waals surface area contributed by atoms with E-state index in [9.17, 15) is 9.59 Å². The molecule has 2 rings (SSSR count). The average molecular weight is 282 g/mol. The molecule has 1 saturated heterocycles. The number of amides is 2. The van der Waals surface area contributed by atoms with Crippen molar-refractivity contribution < 1.29 is 9.59 Å². The van der Waals surface area contributed by atoms with E-state index >= 15 is 0 Å². The van der Waals surface area contributed by atoms with Crippen LogP contribution in [0.25, 0.3) is 0 Å². The van der Waals surface area contributed by atoms with E-state index in [1.54, 1.807) is 0 Å². The molecule has 0 aromatic rings. The third kappa shape index (κ3) is 3.70. The Bertz CT molecular complexity index is 366. The van der Waals surface area contributed by atoms with E-state index < -0.39 is 5.54 Å². The lowest BCUT2D eigenvalue weighted by atomic mass is 9.81. The van der Waals surface area contributed by atoms with Gasteiger partial charge in [0.2, 0.25) is 11.8 Å². The molecule has 0 radical (unpaired) electrons. The molecule has 1 aliphatic heterocycles. The molecule has 20 heavy (non-hydrogen) atoms. The van der Waals surface area contributed by atoms with Gasteiger partial charge in [-0.05, 0) is 19.3 Å². The van der Waals surface area contributed by atoms with Gasteiger partial charge in [-0.1, -0.05) is 19.3 Å². The van der Waals surface area contributed by atoms with Crippen LogP contribution in [0, 0.1) is 0 Å². The first-order chi connectivity index (χ1) is 9.51. The lowest BCUT2D eigenvalue weighted by Gasteiger charge is -2.36. The molecule has 0 bridgehead atoms. The molecule has 1 heterocycles. The Morgan fingerprint density at radius 2 is 1.65 bits per heavy atom. The zero-order valence-corrected chi connectivity index (χ0v) is 12.1. The van der Waals surface area contributed by atoms with E-state index in [1.807, 2.05) is 9.80 Å². The molecule has 114 valence electrons. The van der Waals surface area contributed by atoms with Gasteiger partial charge in [-0.15, -0.1) is 0 Å². The van der Waals surface area contributed by atoms with Gasteiger partial charge in [-0.25, -0.2) is 0 Å². The first kappa shape index (κ1) is 15.3. The van der Waals surface area contributed by atoms with Crippen molar-refractivity contribution in [3.8, 4) is 0 Å². The third-order valence-corrected chi connectivity index (χ3v) is 4.43. The van der Waals surface area contributed by atoms with E-state index in [2.05, 4.69) is 0 Å². The van der Waals surface area contributed by atoms with Crippen LogP contribution in [0.3, 0.4) is 0 Å². The second-order valence-electron chi connectivity index (χ2n) is 6.11. The summed E-state index contributed by atoms with van der Waals surface area (Å²) in [6, 6.07) is 0. The van der Waals surface area contributed by atoms with Gasteiger partial charge < -0.3 is 16.4 Å². The molecular formula is C14H26N4O2. The molecule has 6 nitrogen and oxygen atoms in total. The lowest BCUT2D eigenvalue weighted by molar-refractivity contribution is -0.138. The van der Waals surface area contributed by atoms with Crippen molar-refractivity contribution in [3.63, 3.8) is 0 Å². The molecule has 2 aliphatic rings. The highest BCUT2D eigenvalue weighted by molar-refractivity contribution is 5.86. The second-order valence-corrected chi connectivity index (χ2v) is 6.11. The van der Waals surface area contributed by atoms with Gasteiger partial charge >= 0.3 is 0 Å². The Balaban J connectivity index is 1.92. The van der Waals surface area contributed by atoms with E-state index in [4.69, 9.17) is 11.5 Å². The zero-order chi connectivity index (χ0) is 14.6. The van der Waals surface area contributed by atoms with Gasteiger partial charge in [0, 0.05) is 26.2 Å². The molecule has 0 unspecified atom stereocenters. The fraction of sp³-hybridized carbons (Fsp3) is 0.857. The Kier molecular flexibility index (Phi) is 4.99. The highest BCUT2D eigenvalue weighted by Gasteiger charge is 2.38. The maximum Gasteiger partial charge on any atom is 0.242 e. The number of carbonyl (C=O) groups is 2. The van der Waals surface area contributed by atoms with E-state index in [0.717, 1.165) is 45.2 Å². The van der Waals surface area contributed by atoms with Crippen molar-refractivity contribution in [3.05, 3.63) is 0 Å². The normalized spacial score (nSPS) is 24.1. The van der Waals surface area contributed by atoms with Crippen molar-refractivity contribution in [2.75, 3.05) is 32.7 Å². The SMILES string of the molecule is NC(=O)CN1CCCN(C(=O)C2(N)CCCCC2)CC1. The number of carbonyl (C=O) groups excluding carboxylic acids is 2. The minimum absolute atomic E-state index is 0.0955. The van der Waals surface area contributed by atoms with Gasteiger partial charge in [-0.3, -0.25) is 14.5 Å². The van der Waals surface area contributed by atoms with Crippen LogP contribution in [0.5, 0.6) is 0 Å². The van der Waals surface area contributed by atoms with E-state index in [1.165, 1.54) is 6.42 Å². The van der Waals surface area contributed by atoms with Crippen LogP contribution in [-0.4, -0.2) is 59.9 Å². The first-order valence-electron chi connectivity index (χ1n) is 7.60. The Morgan fingerprint density at radius 3 is 2.30 bits per heavy atom. The molecule has 6 heteroatoms. The maximum atomic E-state index is 12.6. The van der Waals surface area contributed by atoms with Crippen molar-refractivity contribution >= 4 is 11.8 Å². The predicted molar refractivity (Wildman–Crippen MR) is 76.8 cm³/mol. The fourth-order valence-electron chi connectivity index (χ4n) is 3.26. The summed E-state index contributed by atoms with van der Waals surface area (Å²) in [5, 5.41) is 0. The number of hydrogen-bond donors (Lipinski definition) is 2. The first-order valence-corrected chi connectivity index (χ1v) is 7.60. The highest BCUT2D eigenvalue weighted by Crippen LogP contribution is 2.28. The van der Waals surface area contributed by atoms with E-state index in [-0.39, 0.29) is 18.4 Å². The summed E-state index contributed by atoms with van der Waals surface area (Å²) >= 11 is 0. The minimum atomic E-state index is -0.656. The Hall–Kier alpha value is -1.14. The van der Waals surface area contributed by atoms with Gasteiger partial charge in [-0.2, -0.15) is 0 Å². The summed E-state index contributed by atoms with van der Waals surface area (Å²) in [6.07, 6.45) is 5.74. The standard InChI is InChI=1S/C14H26N4O2/c15-12(19)11-17-7-4-8-18(10-9-17)13(20)14(16)5-2-1-3-6-14/h1-11,16H2,(H2,15,19). The van der Waals surface area contributed by atoms with Crippen LogP contribution in [-0.2, 0) is 9.59 Å². The van der Waals surface area contributed by atoms with Crippen LogP contribution in [0.1, 0.15) is 38.5 Å². The molecule has 1 aliphatic carbocycles. The van der Waals surface area contributed by atoms with Crippen LogP contribution >= 0.6 is 0 Å². The Morgan fingerprint density at radius 1 is 0.950 bits per heavy atom. The van der Waals surface area contributed by atoms with Gasteiger partial charge in [0.05, 0.1) is 12.1 Å². The molecule has 2 amide bonds. The quantitative estimate of drug-likeness (QED) is 0.741. The van der Waals surface area contributed by atoms with E-state index in [0.29, 0.717) is 13.1 Å². The fourth-order valence-corrected chi connectivity index (χ4v) is 3.26. The summed E-state index contributed by atoms with van der Waals surface area (Å²) in [6.45, 7) is 3.16. The van der Waals surface area contributed by atoms with Gasteiger partial charge in [0.15, 0.2) is 0 Å². The van der Waals surface area contributed by atoms with Crippen molar-refractivity contribution in [2.24, 2.45) is 11.5 Å². The Labute approximate surface area is 120 Å². The maximum absolute atomic E-state index is 12.6. The molecule has 0 aromatic heterocycles. The van der Waals surface area contributed by atoms with Crippen LogP contribution in [0.2, 0.25) is 0 Å². The van der Waals surface area contributed by atoms with Crippen molar-refractivity contribution in [2.45, 2.75) is 44.1 Å². The molecule has 4 N–H and O–H groups in total. The molecule has 0 atom stereocenters. The van der Waals surface area contributed by atoms with Gasteiger partial charge in [0.1, 0.15) is 0 Å². The van der Waals surface area contributed by atoms with Crippen molar-refractivity contribution in [1.29, 1.82) is 0 Å². The lowest BCUT2D eigenvalue weighted by Crippen LogP contribution is -2.56. The molecule has 0 spiro atoms. The summed E-state index contributed by atoms with van der Waals surface area (Å²) in [5.74, 6) is -0.217. The van der Waals surface area contributed by atoms with Crippen LogP contribution in [0.15, 0.2) is 0 Å². The summed E-state index contributed by atoms with van der Waals surface area (Å²) < 4.78 is 0. The molecule has 0 aromatic carbocycles.